The number of aromatic nitrogens is 1. The summed E-state index contributed by atoms with van der Waals surface area (Å²) < 4.78 is 19.4. The second kappa shape index (κ2) is 11.6. The summed E-state index contributed by atoms with van der Waals surface area (Å²) >= 11 is 4.57. The summed E-state index contributed by atoms with van der Waals surface area (Å²) in [6.07, 6.45) is 1.60. The number of carbonyl (C=O) groups is 1. The van der Waals surface area contributed by atoms with Gasteiger partial charge in [-0.15, -0.1) is 0 Å². The van der Waals surface area contributed by atoms with Gasteiger partial charge in [0.15, 0.2) is 16.3 Å². The van der Waals surface area contributed by atoms with E-state index in [1.165, 1.54) is 15.9 Å². The van der Waals surface area contributed by atoms with Crippen LogP contribution >= 0.6 is 27.3 Å². The molecule has 0 saturated carbocycles. The van der Waals surface area contributed by atoms with E-state index in [0.29, 0.717) is 48.7 Å². The van der Waals surface area contributed by atoms with E-state index < -0.39 is 12.0 Å². The highest BCUT2D eigenvalue weighted by atomic mass is 79.9. The maximum Gasteiger partial charge on any atom is 0.338 e. The van der Waals surface area contributed by atoms with E-state index in [4.69, 9.17) is 14.2 Å². The maximum absolute atomic E-state index is 13.9. The van der Waals surface area contributed by atoms with Crippen LogP contribution in [0.2, 0.25) is 0 Å². The van der Waals surface area contributed by atoms with Crippen molar-refractivity contribution < 1.29 is 24.1 Å². The van der Waals surface area contributed by atoms with Crippen LogP contribution in [-0.2, 0) is 9.53 Å². The van der Waals surface area contributed by atoms with Crippen LogP contribution in [0, 0.1) is 0 Å². The zero-order chi connectivity index (χ0) is 27.6. The molecule has 1 atom stereocenters. The van der Waals surface area contributed by atoms with Gasteiger partial charge < -0.3 is 19.3 Å². The normalized spacial score (nSPS) is 15.3. The third kappa shape index (κ3) is 5.42. The van der Waals surface area contributed by atoms with E-state index in [2.05, 4.69) is 20.9 Å². The van der Waals surface area contributed by atoms with Gasteiger partial charge in [-0.25, -0.2) is 9.79 Å². The highest BCUT2D eigenvalue weighted by Crippen LogP contribution is 2.37. The average Bonchev–Trinajstić information content (AvgIpc) is 3.16. The molecule has 0 amide bonds. The number of nitrogens with zero attached hydrogens (tertiary/aromatic N) is 2. The molecule has 1 aromatic heterocycles. The zero-order valence-electron chi connectivity index (χ0n) is 21.8. The Hall–Kier alpha value is -3.37. The van der Waals surface area contributed by atoms with E-state index in [1.54, 1.807) is 32.1 Å². The minimum Gasteiger partial charge on any atom is -0.503 e. The molecule has 4 rings (SSSR count). The molecular weight excluding hydrogens is 572 g/mol. The average molecular weight is 602 g/mol. The first-order valence-electron chi connectivity index (χ1n) is 12.3. The molecule has 0 radical (unpaired) electrons. The molecule has 8 nitrogen and oxygen atoms in total. The number of para-hydroxylation sites is 1. The van der Waals surface area contributed by atoms with E-state index in [-0.39, 0.29) is 29.6 Å². The molecule has 200 valence electrons. The van der Waals surface area contributed by atoms with E-state index in [0.717, 1.165) is 0 Å². The number of thiazole rings is 1. The van der Waals surface area contributed by atoms with Crippen molar-refractivity contribution in [2.75, 3.05) is 13.2 Å². The van der Waals surface area contributed by atoms with Gasteiger partial charge in [0.1, 0.15) is 11.8 Å². The van der Waals surface area contributed by atoms with Crippen LogP contribution in [0.4, 0.5) is 0 Å². The van der Waals surface area contributed by atoms with Crippen LogP contribution in [-0.4, -0.2) is 35.0 Å². The van der Waals surface area contributed by atoms with Crippen molar-refractivity contribution in [3.8, 4) is 17.2 Å². The monoisotopic (exact) mass is 600 g/mol. The molecule has 3 aromatic rings. The van der Waals surface area contributed by atoms with E-state index >= 15 is 0 Å². The van der Waals surface area contributed by atoms with Crippen molar-refractivity contribution in [2.24, 2.45) is 4.99 Å². The number of rotatable bonds is 8. The summed E-state index contributed by atoms with van der Waals surface area (Å²) in [7, 11) is 0. The number of aromatic hydroxyl groups is 1. The first-order valence-corrected chi connectivity index (χ1v) is 13.9. The lowest BCUT2D eigenvalue weighted by molar-refractivity contribution is -0.139. The van der Waals surface area contributed by atoms with Gasteiger partial charge in [-0.2, -0.15) is 0 Å². The lowest BCUT2D eigenvalue weighted by Gasteiger charge is -2.26. The zero-order valence-corrected chi connectivity index (χ0v) is 24.2. The number of carbonyl (C=O) groups excluding carboxylic acids is 1. The topological polar surface area (TPSA) is 99.4 Å². The van der Waals surface area contributed by atoms with Crippen molar-refractivity contribution >= 4 is 39.3 Å². The van der Waals surface area contributed by atoms with Gasteiger partial charge in [-0.1, -0.05) is 29.5 Å². The molecule has 38 heavy (non-hydrogen) atoms. The van der Waals surface area contributed by atoms with Gasteiger partial charge in [0.25, 0.3) is 5.56 Å². The van der Waals surface area contributed by atoms with Crippen LogP contribution in [0.1, 0.15) is 51.8 Å². The lowest BCUT2D eigenvalue weighted by Crippen LogP contribution is -2.40. The Morgan fingerprint density at radius 3 is 2.63 bits per heavy atom. The number of esters is 1. The number of phenols is 1. The smallest absolute Gasteiger partial charge is 0.338 e. The van der Waals surface area contributed by atoms with Gasteiger partial charge in [0, 0.05) is 5.56 Å². The standard InChI is InChI=1S/C28H29BrN2O6S/c1-6-35-21-13-17(12-19(29)25(21)32)14-22-26(33)31-24(18-10-8-9-11-20(18)37-15(3)4)23(27(34)36-7-2)16(5)30-28(31)38-22/h8-15,24,32H,6-7H2,1-5H3. The van der Waals surface area contributed by atoms with Crippen molar-refractivity contribution in [1.82, 2.24) is 4.57 Å². The fourth-order valence-electron chi connectivity index (χ4n) is 4.25. The summed E-state index contributed by atoms with van der Waals surface area (Å²) in [6.45, 7) is 9.70. The molecule has 2 heterocycles. The fraction of sp³-hybridized carbons (Fsp3) is 0.321. The Balaban J connectivity index is 1.97. The molecule has 2 aromatic carbocycles. The number of allylic oxidation sites excluding steroid dienone is 1. The summed E-state index contributed by atoms with van der Waals surface area (Å²) in [6, 6.07) is 9.96. The summed E-state index contributed by atoms with van der Waals surface area (Å²) in [4.78, 5) is 32.2. The Morgan fingerprint density at radius 1 is 1.21 bits per heavy atom. The molecule has 0 fully saturated rings. The molecule has 10 heteroatoms. The molecule has 1 N–H and O–H groups in total. The number of phenolic OH excluding ortho intramolecular Hbond substituents is 1. The van der Waals surface area contributed by atoms with Crippen LogP contribution in [0.3, 0.4) is 0 Å². The molecule has 0 saturated heterocycles. The van der Waals surface area contributed by atoms with Gasteiger partial charge in [-0.3, -0.25) is 9.36 Å². The quantitative estimate of drug-likeness (QED) is 0.383. The summed E-state index contributed by atoms with van der Waals surface area (Å²) in [5.41, 5.74) is 1.78. The molecule has 0 spiro atoms. The predicted octanol–water partition coefficient (Wildman–Crippen LogP) is 4.45. The van der Waals surface area contributed by atoms with Gasteiger partial charge in [0.2, 0.25) is 0 Å². The molecule has 0 aliphatic carbocycles. The SMILES string of the molecule is CCOC(=O)C1=C(C)N=c2sc(=Cc3cc(Br)c(O)c(OCC)c3)c(=O)n2C1c1ccccc1OC(C)C. The van der Waals surface area contributed by atoms with E-state index in [1.807, 2.05) is 45.0 Å². The highest BCUT2D eigenvalue weighted by Gasteiger charge is 2.35. The van der Waals surface area contributed by atoms with Gasteiger partial charge >= 0.3 is 5.97 Å². The minimum absolute atomic E-state index is 0.0121. The third-order valence-electron chi connectivity index (χ3n) is 5.74. The first kappa shape index (κ1) is 27.7. The Kier molecular flexibility index (Phi) is 8.42. The van der Waals surface area contributed by atoms with Gasteiger partial charge in [-0.05, 0) is 80.4 Å². The van der Waals surface area contributed by atoms with Crippen molar-refractivity contribution in [3.05, 3.63) is 83.0 Å². The van der Waals surface area contributed by atoms with Crippen molar-refractivity contribution in [2.45, 2.75) is 46.8 Å². The number of fused-ring (bicyclic) bond motifs is 1. The Morgan fingerprint density at radius 2 is 1.95 bits per heavy atom. The summed E-state index contributed by atoms with van der Waals surface area (Å²) in [5.74, 6) is 0.333. The van der Waals surface area contributed by atoms with Crippen molar-refractivity contribution in [1.29, 1.82) is 0 Å². The number of ether oxygens (including phenoxy) is 3. The van der Waals surface area contributed by atoms with Crippen molar-refractivity contribution in [3.63, 3.8) is 0 Å². The first-order chi connectivity index (χ1) is 18.2. The molecule has 1 aliphatic rings. The Bertz CT molecular complexity index is 1590. The third-order valence-corrected chi connectivity index (χ3v) is 7.33. The molecule has 1 aliphatic heterocycles. The van der Waals surface area contributed by atoms with Crippen LogP contribution < -0.4 is 24.4 Å². The highest BCUT2D eigenvalue weighted by molar-refractivity contribution is 9.10. The largest absolute Gasteiger partial charge is 0.503 e. The van der Waals surface area contributed by atoms with Crippen LogP contribution in [0.15, 0.2) is 61.9 Å². The Labute approximate surface area is 232 Å². The number of hydrogen-bond donors (Lipinski definition) is 1. The fourth-order valence-corrected chi connectivity index (χ4v) is 5.75. The predicted molar refractivity (Wildman–Crippen MR) is 150 cm³/mol. The molecular formula is C28H29BrN2O6S. The number of hydrogen-bond acceptors (Lipinski definition) is 8. The van der Waals surface area contributed by atoms with Gasteiger partial charge in [0.05, 0.1) is 39.6 Å². The second-order valence-electron chi connectivity index (χ2n) is 8.79. The number of benzene rings is 2. The second-order valence-corrected chi connectivity index (χ2v) is 10.7. The number of halogens is 1. The molecule has 1 unspecified atom stereocenters. The maximum atomic E-state index is 13.9. The van der Waals surface area contributed by atoms with E-state index in [9.17, 15) is 14.7 Å². The lowest BCUT2D eigenvalue weighted by atomic mass is 9.95. The van der Waals surface area contributed by atoms with Crippen LogP contribution in [0.5, 0.6) is 17.2 Å². The molecule has 0 bridgehead atoms. The van der Waals surface area contributed by atoms with Crippen LogP contribution in [0.25, 0.3) is 6.08 Å². The minimum atomic E-state index is -0.784. The summed E-state index contributed by atoms with van der Waals surface area (Å²) in [5, 5.41) is 10.3.